The molecule has 0 amide bonds. The van der Waals surface area contributed by atoms with E-state index in [1.807, 2.05) is 12.1 Å². The molecule has 0 aliphatic heterocycles. The third kappa shape index (κ3) is 4.84. The molecule has 0 unspecified atom stereocenters. The average Bonchev–Trinajstić information content (AvgIpc) is 2.46. The Morgan fingerprint density at radius 2 is 1.84 bits per heavy atom. The maximum Gasteiger partial charge on any atom is 0.118 e. The predicted molar refractivity (Wildman–Crippen MR) is 77.3 cm³/mol. The molecular formula is C16H25NO2. The fourth-order valence-corrected chi connectivity index (χ4v) is 2.72. The Balaban J connectivity index is 1.61. The minimum atomic E-state index is -0.0384. The monoisotopic (exact) mass is 263 g/mol. The first-order valence-electron chi connectivity index (χ1n) is 7.29. The summed E-state index contributed by atoms with van der Waals surface area (Å²) in [4.78, 5) is 0. The average molecular weight is 263 g/mol. The van der Waals surface area contributed by atoms with Crippen molar-refractivity contribution < 1.29 is 9.84 Å². The van der Waals surface area contributed by atoms with Crippen LogP contribution in [-0.4, -0.2) is 24.9 Å². The quantitative estimate of drug-likeness (QED) is 0.775. The van der Waals surface area contributed by atoms with Gasteiger partial charge in [0.25, 0.3) is 0 Å². The highest BCUT2D eigenvalue weighted by molar-refractivity contribution is 5.26. The van der Waals surface area contributed by atoms with Crippen LogP contribution in [-0.2, 0) is 6.54 Å². The van der Waals surface area contributed by atoms with Crippen LogP contribution in [0.5, 0.6) is 5.75 Å². The van der Waals surface area contributed by atoms with Crippen LogP contribution in [0, 0.1) is 5.92 Å². The Kier molecular flexibility index (Phi) is 5.67. The van der Waals surface area contributed by atoms with Gasteiger partial charge in [-0.3, -0.25) is 0 Å². The third-order valence-corrected chi connectivity index (χ3v) is 4.03. The molecule has 1 aromatic carbocycles. The van der Waals surface area contributed by atoms with Gasteiger partial charge in [0.15, 0.2) is 0 Å². The molecule has 19 heavy (non-hydrogen) atoms. The Bertz CT molecular complexity index is 356. The lowest BCUT2D eigenvalue weighted by Gasteiger charge is -2.25. The van der Waals surface area contributed by atoms with Crippen molar-refractivity contribution in [3.05, 3.63) is 29.8 Å². The fourth-order valence-electron chi connectivity index (χ4n) is 2.72. The van der Waals surface area contributed by atoms with E-state index in [0.717, 1.165) is 37.6 Å². The van der Waals surface area contributed by atoms with E-state index < -0.39 is 0 Å². The zero-order valence-corrected chi connectivity index (χ0v) is 11.8. The van der Waals surface area contributed by atoms with Gasteiger partial charge in [0.2, 0.25) is 0 Å². The molecule has 0 spiro atoms. The Labute approximate surface area is 116 Å². The molecule has 1 saturated carbocycles. The van der Waals surface area contributed by atoms with Crippen molar-refractivity contribution in [2.45, 2.75) is 44.8 Å². The van der Waals surface area contributed by atoms with Crippen LogP contribution < -0.4 is 10.1 Å². The summed E-state index contributed by atoms with van der Waals surface area (Å²) in [6.07, 6.45) is 5.54. The van der Waals surface area contributed by atoms with Gasteiger partial charge in [0, 0.05) is 6.54 Å². The van der Waals surface area contributed by atoms with Crippen molar-refractivity contribution in [3.63, 3.8) is 0 Å². The molecule has 3 nitrogen and oxygen atoms in total. The van der Waals surface area contributed by atoms with E-state index in [1.54, 1.807) is 7.11 Å². The zero-order valence-electron chi connectivity index (χ0n) is 11.8. The fraction of sp³-hybridized carbons (Fsp3) is 0.625. The first kappa shape index (κ1) is 14.4. The van der Waals surface area contributed by atoms with Crippen molar-refractivity contribution in [1.82, 2.24) is 5.32 Å². The van der Waals surface area contributed by atoms with E-state index in [0.29, 0.717) is 0 Å². The molecule has 0 heterocycles. The largest absolute Gasteiger partial charge is 0.497 e. The van der Waals surface area contributed by atoms with Gasteiger partial charge in [-0.05, 0) is 62.3 Å². The van der Waals surface area contributed by atoms with E-state index in [4.69, 9.17) is 4.74 Å². The lowest BCUT2D eigenvalue weighted by Crippen LogP contribution is -2.22. The molecule has 0 radical (unpaired) electrons. The van der Waals surface area contributed by atoms with Crippen LogP contribution in [0.3, 0.4) is 0 Å². The summed E-state index contributed by atoms with van der Waals surface area (Å²) in [6, 6.07) is 8.20. The molecule has 0 aromatic heterocycles. The van der Waals surface area contributed by atoms with Crippen molar-refractivity contribution >= 4 is 0 Å². The van der Waals surface area contributed by atoms with Crippen molar-refractivity contribution in [1.29, 1.82) is 0 Å². The number of methoxy groups -OCH3 is 1. The van der Waals surface area contributed by atoms with Gasteiger partial charge < -0.3 is 15.2 Å². The van der Waals surface area contributed by atoms with Crippen molar-refractivity contribution in [2.24, 2.45) is 5.92 Å². The van der Waals surface area contributed by atoms with Gasteiger partial charge in [-0.1, -0.05) is 12.1 Å². The molecular weight excluding hydrogens is 238 g/mol. The standard InChI is InChI=1S/C16H25NO2/c1-19-16-8-4-14(5-9-16)12-17-11-10-13-2-6-15(18)7-3-13/h4-5,8-9,13,15,17-18H,2-3,6-7,10-12H2,1H3. The number of aliphatic hydroxyl groups is 1. The van der Waals surface area contributed by atoms with Gasteiger partial charge in [0.1, 0.15) is 5.75 Å². The summed E-state index contributed by atoms with van der Waals surface area (Å²) in [6.45, 7) is 1.98. The highest BCUT2D eigenvalue weighted by Gasteiger charge is 2.18. The SMILES string of the molecule is COc1ccc(CNCCC2CCC(O)CC2)cc1. The number of hydrogen-bond donors (Lipinski definition) is 2. The molecule has 0 bridgehead atoms. The number of aliphatic hydroxyl groups excluding tert-OH is 1. The number of ether oxygens (including phenoxy) is 1. The highest BCUT2D eigenvalue weighted by Crippen LogP contribution is 2.26. The van der Waals surface area contributed by atoms with Gasteiger partial charge in [-0.2, -0.15) is 0 Å². The van der Waals surface area contributed by atoms with E-state index >= 15 is 0 Å². The van der Waals surface area contributed by atoms with Crippen molar-refractivity contribution in [3.8, 4) is 5.75 Å². The number of hydrogen-bond acceptors (Lipinski definition) is 3. The second kappa shape index (κ2) is 7.51. The summed E-state index contributed by atoms with van der Waals surface area (Å²) >= 11 is 0. The van der Waals surface area contributed by atoms with E-state index in [2.05, 4.69) is 17.4 Å². The van der Waals surface area contributed by atoms with Crippen LogP contribution in [0.1, 0.15) is 37.7 Å². The molecule has 1 fully saturated rings. The minimum Gasteiger partial charge on any atom is -0.497 e. The summed E-state index contributed by atoms with van der Waals surface area (Å²) in [5, 5.41) is 13.0. The molecule has 2 N–H and O–H groups in total. The maximum atomic E-state index is 9.46. The minimum absolute atomic E-state index is 0.0384. The first-order valence-corrected chi connectivity index (χ1v) is 7.29. The summed E-state index contributed by atoms with van der Waals surface area (Å²) in [7, 11) is 1.69. The highest BCUT2D eigenvalue weighted by atomic mass is 16.5. The molecule has 1 aliphatic carbocycles. The summed E-state index contributed by atoms with van der Waals surface area (Å²) in [5.74, 6) is 1.70. The number of benzene rings is 1. The molecule has 2 rings (SSSR count). The predicted octanol–water partition coefficient (Wildman–Crippen LogP) is 2.73. The van der Waals surface area contributed by atoms with Crippen LogP contribution in [0.25, 0.3) is 0 Å². The lowest BCUT2D eigenvalue weighted by molar-refractivity contribution is 0.106. The topological polar surface area (TPSA) is 41.5 Å². The zero-order chi connectivity index (χ0) is 13.5. The molecule has 0 saturated heterocycles. The Morgan fingerprint density at radius 3 is 2.47 bits per heavy atom. The molecule has 0 atom stereocenters. The normalized spacial score (nSPS) is 23.3. The van der Waals surface area contributed by atoms with Gasteiger partial charge >= 0.3 is 0 Å². The van der Waals surface area contributed by atoms with E-state index in [-0.39, 0.29) is 6.10 Å². The van der Waals surface area contributed by atoms with Gasteiger partial charge in [-0.25, -0.2) is 0 Å². The van der Waals surface area contributed by atoms with E-state index in [9.17, 15) is 5.11 Å². The molecule has 1 aromatic rings. The summed E-state index contributed by atoms with van der Waals surface area (Å²) < 4.78 is 5.14. The smallest absolute Gasteiger partial charge is 0.118 e. The summed E-state index contributed by atoms with van der Waals surface area (Å²) in [5.41, 5.74) is 1.29. The Morgan fingerprint density at radius 1 is 1.16 bits per heavy atom. The van der Waals surface area contributed by atoms with Crippen LogP contribution in [0.15, 0.2) is 24.3 Å². The maximum absolute atomic E-state index is 9.46. The second-order valence-corrected chi connectivity index (χ2v) is 5.49. The number of nitrogens with one attached hydrogen (secondary N) is 1. The van der Waals surface area contributed by atoms with Crippen LogP contribution in [0.2, 0.25) is 0 Å². The Hall–Kier alpha value is -1.06. The third-order valence-electron chi connectivity index (χ3n) is 4.03. The molecule has 1 aliphatic rings. The number of rotatable bonds is 6. The van der Waals surface area contributed by atoms with Crippen LogP contribution >= 0.6 is 0 Å². The van der Waals surface area contributed by atoms with E-state index in [1.165, 1.54) is 24.8 Å². The van der Waals surface area contributed by atoms with Crippen LogP contribution in [0.4, 0.5) is 0 Å². The van der Waals surface area contributed by atoms with Gasteiger partial charge in [-0.15, -0.1) is 0 Å². The second-order valence-electron chi connectivity index (χ2n) is 5.49. The van der Waals surface area contributed by atoms with Crippen molar-refractivity contribution in [2.75, 3.05) is 13.7 Å². The first-order chi connectivity index (χ1) is 9.28. The van der Waals surface area contributed by atoms with Gasteiger partial charge in [0.05, 0.1) is 13.2 Å². The lowest BCUT2D eigenvalue weighted by atomic mass is 9.85. The molecule has 106 valence electrons. The molecule has 3 heteroatoms.